The van der Waals surface area contributed by atoms with Crippen LogP contribution >= 0.6 is 0 Å². The van der Waals surface area contributed by atoms with E-state index in [1.807, 2.05) is 0 Å². The van der Waals surface area contributed by atoms with Gasteiger partial charge in [-0.25, -0.2) is 0 Å². The maximum atomic E-state index is 2.41. The molecule has 0 saturated heterocycles. The van der Waals surface area contributed by atoms with Crippen molar-refractivity contribution in [3.63, 3.8) is 0 Å². The van der Waals surface area contributed by atoms with Gasteiger partial charge in [-0.05, 0) is 80.6 Å². The Bertz CT molecular complexity index is 1150. The summed E-state index contributed by atoms with van der Waals surface area (Å²) >= 11 is 0. The summed E-state index contributed by atoms with van der Waals surface area (Å²) in [5, 5.41) is 8.39. The Morgan fingerprint density at radius 1 is 0.680 bits per heavy atom. The van der Waals surface area contributed by atoms with Gasteiger partial charge in [-0.15, -0.1) is 0 Å². The molecule has 0 amide bonds. The minimum Gasteiger partial charge on any atom is -0.0613 e. The van der Waals surface area contributed by atoms with Crippen molar-refractivity contribution in [2.75, 3.05) is 0 Å². The van der Waals surface area contributed by atoms with Gasteiger partial charge in [0.25, 0.3) is 0 Å². The van der Waals surface area contributed by atoms with Crippen LogP contribution in [0.4, 0.5) is 0 Å². The summed E-state index contributed by atoms with van der Waals surface area (Å²) in [6.45, 7) is 7.02. The van der Waals surface area contributed by atoms with Gasteiger partial charge >= 0.3 is 0 Å². The van der Waals surface area contributed by atoms with E-state index in [2.05, 4.69) is 75.4 Å². The van der Waals surface area contributed by atoms with Crippen LogP contribution in [0.1, 0.15) is 37.0 Å². The Kier molecular flexibility index (Phi) is 3.04. The summed E-state index contributed by atoms with van der Waals surface area (Å²) in [5.41, 5.74) is 4.91. The molecule has 5 rings (SSSR count). The zero-order valence-electron chi connectivity index (χ0n) is 15.3. The van der Waals surface area contributed by atoms with Crippen LogP contribution in [0, 0.1) is 12.3 Å². The van der Waals surface area contributed by atoms with Crippen LogP contribution < -0.4 is 0 Å². The van der Waals surface area contributed by atoms with Crippen LogP contribution in [0.3, 0.4) is 0 Å². The zero-order chi connectivity index (χ0) is 17.2. The molecule has 0 radical (unpaired) electrons. The predicted molar refractivity (Wildman–Crippen MR) is 110 cm³/mol. The Balaban J connectivity index is 1.88. The molecule has 25 heavy (non-hydrogen) atoms. The highest BCUT2D eigenvalue weighted by molar-refractivity contribution is 6.18. The normalized spacial score (nSPS) is 16.4. The maximum absolute atomic E-state index is 2.41. The second-order valence-electron chi connectivity index (χ2n) is 8.54. The molecule has 124 valence electrons. The van der Waals surface area contributed by atoms with Crippen LogP contribution in [-0.2, 0) is 12.8 Å². The SMILES string of the molecule is Cc1cccc2c1ccc1c3ccc4c(c3ccc21)CC(C)(C)CC4. The predicted octanol–water partition coefficient (Wildman–Crippen LogP) is 6.97. The van der Waals surface area contributed by atoms with Crippen LogP contribution in [0.25, 0.3) is 32.3 Å². The largest absolute Gasteiger partial charge is 0.0613 e. The topological polar surface area (TPSA) is 0 Å². The smallest absolute Gasteiger partial charge is 0.00989 e. The Labute approximate surface area is 149 Å². The summed E-state index contributed by atoms with van der Waals surface area (Å²) in [6, 6.07) is 20.7. The van der Waals surface area contributed by atoms with E-state index in [0.717, 1.165) is 0 Å². The molecule has 0 heteroatoms. The molecule has 1 aliphatic carbocycles. The molecule has 0 heterocycles. The fraction of sp³-hybridized carbons (Fsp3) is 0.280. The lowest BCUT2D eigenvalue weighted by atomic mass is 9.73. The average Bonchev–Trinajstić information content (AvgIpc) is 2.60. The first kappa shape index (κ1) is 15.0. The highest BCUT2D eigenvalue weighted by atomic mass is 14.3. The maximum Gasteiger partial charge on any atom is -0.00989 e. The van der Waals surface area contributed by atoms with Gasteiger partial charge < -0.3 is 0 Å². The molecular weight excluding hydrogens is 300 g/mol. The first-order valence-corrected chi connectivity index (χ1v) is 9.39. The second-order valence-corrected chi connectivity index (χ2v) is 8.54. The summed E-state index contributed by atoms with van der Waals surface area (Å²) in [4.78, 5) is 0. The lowest BCUT2D eigenvalue weighted by molar-refractivity contribution is 0.317. The third-order valence-electron chi connectivity index (χ3n) is 6.21. The third-order valence-corrected chi connectivity index (χ3v) is 6.21. The fourth-order valence-corrected chi connectivity index (χ4v) is 4.74. The number of aryl methyl sites for hydroxylation is 2. The molecule has 4 aromatic rings. The average molecular weight is 324 g/mol. The van der Waals surface area contributed by atoms with Crippen LogP contribution in [0.2, 0.25) is 0 Å². The van der Waals surface area contributed by atoms with E-state index in [-0.39, 0.29) is 0 Å². The number of hydrogen-bond donors (Lipinski definition) is 0. The Morgan fingerprint density at radius 3 is 2.08 bits per heavy atom. The zero-order valence-corrected chi connectivity index (χ0v) is 15.3. The molecule has 0 saturated carbocycles. The van der Waals surface area contributed by atoms with Gasteiger partial charge in [-0.3, -0.25) is 0 Å². The van der Waals surface area contributed by atoms with Crippen molar-refractivity contribution in [3.05, 3.63) is 71.3 Å². The minimum atomic E-state index is 0.413. The molecule has 0 nitrogen and oxygen atoms in total. The van der Waals surface area contributed by atoms with E-state index < -0.39 is 0 Å². The van der Waals surface area contributed by atoms with Crippen molar-refractivity contribution in [2.24, 2.45) is 5.41 Å². The fourth-order valence-electron chi connectivity index (χ4n) is 4.74. The minimum absolute atomic E-state index is 0.413. The van der Waals surface area contributed by atoms with Gasteiger partial charge in [0.05, 0.1) is 0 Å². The number of hydrogen-bond acceptors (Lipinski definition) is 0. The first-order chi connectivity index (χ1) is 12.0. The Hall–Kier alpha value is -2.34. The van der Waals surface area contributed by atoms with E-state index in [4.69, 9.17) is 0 Å². The summed E-state index contributed by atoms with van der Waals surface area (Å²) < 4.78 is 0. The molecule has 0 spiro atoms. The molecule has 0 unspecified atom stereocenters. The molecule has 0 bridgehead atoms. The number of benzene rings is 4. The molecule has 0 atom stereocenters. The van der Waals surface area contributed by atoms with Gasteiger partial charge in [-0.2, -0.15) is 0 Å². The number of rotatable bonds is 0. The van der Waals surface area contributed by atoms with Crippen LogP contribution in [-0.4, -0.2) is 0 Å². The van der Waals surface area contributed by atoms with E-state index in [0.29, 0.717) is 5.41 Å². The van der Waals surface area contributed by atoms with Crippen LogP contribution in [0.5, 0.6) is 0 Å². The number of fused-ring (bicyclic) bond motifs is 7. The molecule has 0 aromatic heterocycles. The van der Waals surface area contributed by atoms with Crippen molar-refractivity contribution in [1.82, 2.24) is 0 Å². The summed E-state index contributed by atoms with van der Waals surface area (Å²) in [7, 11) is 0. The summed E-state index contributed by atoms with van der Waals surface area (Å²) in [5.74, 6) is 0. The quantitative estimate of drug-likeness (QED) is 0.306. The second kappa shape index (κ2) is 5.08. The standard InChI is InChI=1S/C25H24/c1-16-5-4-6-19-18(16)9-10-22-20-8-7-17-13-14-25(2,3)15-24(17)23(20)12-11-21(19)22/h4-12H,13-15H2,1-3H3. The van der Waals surface area contributed by atoms with Crippen LogP contribution in [0.15, 0.2) is 54.6 Å². The molecule has 0 fully saturated rings. The van der Waals surface area contributed by atoms with Gasteiger partial charge in [0.2, 0.25) is 0 Å². The molecule has 0 N–H and O–H groups in total. The van der Waals surface area contributed by atoms with Crippen molar-refractivity contribution in [1.29, 1.82) is 0 Å². The first-order valence-electron chi connectivity index (χ1n) is 9.39. The van der Waals surface area contributed by atoms with Gasteiger partial charge in [0.1, 0.15) is 0 Å². The molecule has 0 aliphatic heterocycles. The molecule has 4 aromatic carbocycles. The van der Waals surface area contributed by atoms with Crippen molar-refractivity contribution < 1.29 is 0 Å². The van der Waals surface area contributed by atoms with E-state index in [9.17, 15) is 0 Å². The molecule has 1 aliphatic rings. The van der Waals surface area contributed by atoms with E-state index in [1.54, 1.807) is 11.1 Å². The molecular formula is C25H24. The van der Waals surface area contributed by atoms with Gasteiger partial charge in [0.15, 0.2) is 0 Å². The highest BCUT2D eigenvalue weighted by Crippen LogP contribution is 2.40. The monoisotopic (exact) mass is 324 g/mol. The van der Waals surface area contributed by atoms with Crippen molar-refractivity contribution >= 4 is 32.3 Å². The third kappa shape index (κ3) is 2.20. The van der Waals surface area contributed by atoms with Gasteiger partial charge in [0, 0.05) is 0 Å². The lowest BCUT2D eigenvalue weighted by Crippen LogP contribution is -2.22. The highest BCUT2D eigenvalue weighted by Gasteiger charge is 2.26. The summed E-state index contributed by atoms with van der Waals surface area (Å²) in [6.07, 6.45) is 3.70. The van der Waals surface area contributed by atoms with E-state index in [1.165, 1.54) is 57.1 Å². The Morgan fingerprint density at radius 2 is 1.28 bits per heavy atom. The van der Waals surface area contributed by atoms with Gasteiger partial charge in [-0.1, -0.05) is 68.4 Å². The van der Waals surface area contributed by atoms with E-state index >= 15 is 0 Å². The van der Waals surface area contributed by atoms with Crippen molar-refractivity contribution in [2.45, 2.75) is 40.0 Å². The lowest BCUT2D eigenvalue weighted by Gasteiger charge is -2.32. The van der Waals surface area contributed by atoms with Crippen molar-refractivity contribution in [3.8, 4) is 0 Å².